The number of nitrogens with one attached hydrogen (secondary N) is 1. The van der Waals surface area contributed by atoms with Gasteiger partial charge in [0.25, 0.3) is 0 Å². The summed E-state index contributed by atoms with van der Waals surface area (Å²) in [5.74, 6) is -1.86. The number of hydrogen-bond donors (Lipinski definition) is 3. The van der Waals surface area contributed by atoms with Crippen molar-refractivity contribution in [1.82, 2.24) is 10.2 Å². The number of carbonyl (C=O) groups excluding carboxylic acids is 2. The fraction of sp³-hybridized carbons (Fsp3) is 0.615. The molecule has 0 aromatic rings. The Bertz CT molecular complexity index is 507. The monoisotopic (exact) mass is 314 g/mol. The molecule has 0 spiro atoms. The van der Waals surface area contributed by atoms with Crippen LogP contribution in [0, 0.1) is 5.92 Å². The quantitative estimate of drug-likeness (QED) is 0.344. The highest BCUT2D eigenvalue weighted by atomic mass is 32.2. The Labute approximate surface area is 126 Å². The van der Waals surface area contributed by atoms with Crippen LogP contribution < -0.4 is 5.32 Å². The van der Waals surface area contributed by atoms with Crippen molar-refractivity contribution in [3.8, 4) is 0 Å². The van der Waals surface area contributed by atoms with Crippen molar-refractivity contribution in [2.75, 3.05) is 12.3 Å². The molecule has 1 saturated heterocycles. The molecule has 2 aliphatic rings. The summed E-state index contributed by atoms with van der Waals surface area (Å²) in [5.41, 5.74) is 0. The molecule has 4 atom stereocenters. The lowest BCUT2D eigenvalue weighted by molar-refractivity contribution is -0.170. The number of aliphatic hydroxyl groups is 1. The number of aliphatic carboxylic acids is 1. The first-order valence-corrected chi connectivity index (χ1v) is 7.62. The van der Waals surface area contributed by atoms with E-state index in [1.807, 2.05) is 0 Å². The van der Waals surface area contributed by atoms with Crippen molar-refractivity contribution in [2.24, 2.45) is 5.92 Å². The van der Waals surface area contributed by atoms with E-state index in [1.165, 1.54) is 24.8 Å². The van der Waals surface area contributed by atoms with Gasteiger partial charge in [-0.1, -0.05) is 6.08 Å². The molecule has 0 bridgehead atoms. The van der Waals surface area contributed by atoms with Gasteiger partial charge in [0.15, 0.2) is 0 Å². The van der Waals surface area contributed by atoms with E-state index in [9.17, 15) is 24.6 Å². The number of carbonyl (C=O) groups is 3. The van der Waals surface area contributed by atoms with Gasteiger partial charge in [0.2, 0.25) is 16.7 Å². The van der Waals surface area contributed by atoms with E-state index < -0.39 is 22.9 Å². The van der Waals surface area contributed by atoms with Gasteiger partial charge in [-0.3, -0.25) is 9.59 Å². The van der Waals surface area contributed by atoms with Crippen molar-refractivity contribution in [2.45, 2.75) is 30.9 Å². The smallest absolute Gasteiger partial charge is 0.344 e. The predicted molar refractivity (Wildman–Crippen MR) is 76.5 cm³/mol. The summed E-state index contributed by atoms with van der Waals surface area (Å²) in [6, 6.07) is -0.373. The number of rotatable bonds is 6. The molecular weight excluding hydrogens is 296 g/mol. The number of β-lactam (4-membered cyclic amide) rings is 1. The summed E-state index contributed by atoms with van der Waals surface area (Å²) in [5, 5.41) is 21.7. The molecular formula is C13H18N2O5S. The molecule has 7 nitrogen and oxygen atoms in total. The van der Waals surface area contributed by atoms with Gasteiger partial charge in [-0.15, -0.1) is 11.8 Å². The summed E-state index contributed by atoms with van der Waals surface area (Å²) in [6.45, 7) is 3.24. The fourth-order valence-corrected chi connectivity index (χ4v) is 3.88. The van der Waals surface area contributed by atoms with Crippen LogP contribution >= 0.6 is 11.8 Å². The molecule has 4 unspecified atom stereocenters. The first-order chi connectivity index (χ1) is 9.81. The maximum absolute atomic E-state index is 12.1. The van der Waals surface area contributed by atoms with Crippen molar-refractivity contribution >= 4 is 29.5 Å². The Morgan fingerprint density at radius 2 is 2.24 bits per heavy atom. The summed E-state index contributed by atoms with van der Waals surface area (Å²) in [6.07, 6.45) is 2.36. The van der Waals surface area contributed by atoms with Gasteiger partial charge in [-0.2, -0.15) is 0 Å². The normalized spacial score (nSPS) is 31.6. The van der Waals surface area contributed by atoms with Crippen molar-refractivity contribution in [1.29, 1.82) is 0 Å². The highest BCUT2D eigenvalue weighted by molar-refractivity contribution is 8.01. The molecule has 0 aromatic heterocycles. The largest absolute Gasteiger partial charge is 0.479 e. The van der Waals surface area contributed by atoms with Crippen LogP contribution in [-0.4, -0.2) is 62.2 Å². The summed E-state index contributed by atoms with van der Waals surface area (Å²) in [4.78, 5) is 34.4. The molecule has 0 radical (unpaired) electrons. The van der Waals surface area contributed by atoms with Crippen molar-refractivity contribution in [3.63, 3.8) is 0 Å². The van der Waals surface area contributed by atoms with E-state index >= 15 is 0 Å². The van der Waals surface area contributed by atoms with E-state index in [4.69, 9.17) is 0 Å². The fourth-order valence-electron chi connectivity index (χ4n) is 2.71. The lowest BCUT2D eigenvalue weighted by Crippen LogP contribution is -2.69. The van der Waals surface area contributed by atoms with Gasteiger partial charge in [-0.05, 0) is 13.0 Å². The second-order valence-electron chi connectivity index (χ2n) is 5.16. The second-order valence-corrected chi connectivity index (χ2v) is 6.48. The van der Waals surface area contributed by atoms with Gasteiger partial charge in [0.1, 0.15) is 0 Å². The number of carboxylic acids is 1. The van der Waals surface area contributed by atoms with Gasteiger partial charge < -0.3 is 20.4 Å². The number of hydrogen-bond acceptors (Lipinski definition) is 5. The van der Waals surface area contributed by atoms with Crippen molar-refractivity contribution in [3.05, 3.63) is 12.2 Å². The molecule has 1 fully saturated rings. The molecule has 2 rings (SSSR count). The topological polar surface area (TPSA) is 107 Å². The Morgan fingerprint density at radius 1 is 1.57 bits per heavy atom. The predicted octanol–water partition coefficient (Wildman–Crippen LogP) is -0.586. The van der Waals surface area contributed by atoms with Crippen LogP contribution in [0.4, 0.5) is 0 Å². The summed E-state index contributed by atoms with van der Waals surface area (Å²) >= 11 is 1.08. The van der Waals surface area contributed by atoms with Crippen LogP contribution in [0.1, 0.15) is 13.8 Å². The van der Waals surface area contributed by atoms with Crippen LogP contribution in [0.2, 0.25) is 0 Å². The van der Waals surface area contributed by atoms with Crippen LogP contribution in [0.25, 0.3) is 0 Å². The van der Waals surface area contributed by atoms with Crippen LogP contribution in [0.5, 0.6) is 0 Å². The first kappa shape index (κ1) is 15.8. The van der Waals surface area contributed by atoms with Crippen LogP contribution in [-0.2, 0) is 14.4 Å². The Hall–Kier alpha value is -1.54. The molecule has 2 heterocycles. The molecule has 8 heteroatoms. The highest BCUT2D eigenvalue weighted by Gasteiger charge is 2.62. The van der Waals surface area contributed by atoms with E-state index in [-0.39, 0.29) is 17.9 Å². The SMILES string of the molecule is CC(=O)NCCSC1(C(=O)O)C=CC2C(C(C)O)C(=O)N21. The minimum atomic E-state index is -1.44. The number of carboxylic acid groups (broad SMARTS) is 1. The average molecular weight is 314 g/mol. The molecule has 2 aliphatic heterocycles. The van der Waals surface area contributed by atoms with Crippen LogP contribution in [0.15, 0.2) is 12.2 Å². The molecule has 2 amide bonds. The second kappa shape index (κ2) is 5.69. The lowest BCUT2D eigenvalue weighted by Gasteiger charge is -2.50. The molecule has 116 valence electrons. The van der Waals surface area contributed by atoms with Crippen molar-refractivity contribution < 1.29 is 24.6 Å². The maximum atomic E-state index is 12.1. The standard InChI is InChI=1S/C13H18N2O5S/c1-7(16)10-9-3-4-13(12(19)20,15(9)11(10)18)21-6-5-14-8(2)17/h3-4,7,9-10,16H,5-6H2,1-2H3,(H,14,17)(H,19,20). The minimum absolute atomic E-state index is 0.186. The van der Waals surface area contributed by atoms with Crippen LogP contribution in [0.3, 0.4) is 0 Å². The minimum Gasteiger partial charge on any atom is -0.479 e. The molecule has 0 aliphatic carbocycles. The third kappa shape index (κ3) is 2.53. The van der Waals surface area contributed by atoms with Gasteiger partial charge in [0, 0.05) is 19.2 Å². The van der Waals surface area contributed by atoms with E-state index in [2.05, 4.69) is 5.32 Å². The van der Waals surface area contributed by atoms with E-state index in [1.54, 1.807) is 6.08 Å². The number of aliphatic hydroxyl groups excluding tert-OH is 1. The molecule has 3 N–H and O–H groups in total. The number of amides is 2. The molecule has 21 heavy (non-hydrogen) atoms. The Balaban J connectivity index is 2.08. The van der Waals surface area contributed by atoms with Gasteiger partial charge in [0.05, 0.1) is 18.1 Å². The van der Waals surface area contributed by atoms with Gasteiger partial charge in [-0.25, -0.2) is 4.79 Å². The summed E-state index contributed by atoms with van der Waals surface area (Å²) < 4.78 is 0. The zero-order valence-electron chi connectivity index (χ0n) is 11.8. The highest BCUT2D eigenvalue weighted by Crippen LogP contribution is 2.47. The molecule has 0 aromatic carbocycles. The maximum Gasteiger partial charge on any atom is 0.344 e. The average Bonchev–Trinajstić information content (AvgIpc) is 2.69. The Morgan fingerprint density at radius 3 is 2.76 bits per heavy atom. The number of fused-ring (bicyclic) bond motifs is 1. The third-order valence-electron chi connectivity index (χ3n) is 3.69. The zero-order chi connectivity index (χ0) is 15.8. The van der Waals surface area contributed by atoms with E-state index in [0.717, 1.165) is 11.8 Å². The Kier molecular flexibility index (Phi) is 4.29. The first-order valence-electron chi connectivity index (χ1n) is 6.63. The molecule has 0 saturated carbocycles. The zero-order valence-corrected chi connectivity index (χ0v) is 12.6. The van der Waals surface area contributed by atoms with E-state index in [0.29, 0.717) is 12.3 Å². The number of thioether (sulfide) groups is 1. The summed E-state index contributed by atoms with van der Waals surface area (Å²) in [7, 11) is 0. The third-order valence-corrected chi connectivity index (χ3v) is 5.05. The lowest BCUT2D eigenvalue weighted by atomic mass is 9.84. The number of nitrogens with zero attached hydrogens (tertiary/aromatic N) is 1. The van der Waals surface area contributed by atoms with Gasteiger partial charge >= 0.3 is 5.97 Å².